The zero-order valence-electron chi connectivity index (χ0n) is 9.67. The Kier molecular flexibility index (Phi) is 2.61. The summed E-state index contributed by atoms with van der Waals surface area (Å²) in [6, 6.07) is 1.68. The number of hydrogen-bond acceptors (Lipinski definition) is 5. The van der Waals surface area contributed by atoms with E-state index in [9.17, 15) is 13.2 Å². The highest BCUT2D eigenvalue weighted by Crippen LogP contribution is 2.29. The summed E-state index contributed by atoms with van der Waals surface area (Å²) in [6.45, 7) is 0.765. The molecular formula is C10H9F3N6. The topological polar surface area (TPSA) is 59.7 Å². The van der Waals surface area contributed by atoms with Gasteiger partial charge in [-0.25, -0.2) is 9.97 Å². The molecular weight excluding hydrogens is 261 g/mol. The molecule has 0 aromatic carbocycles. The van der Waals surface area contributed by atoms with Gasteiger partial charge in [0.1, 0.15) is 0 Å². The molecule has 0 unspecified atom stereocenters. The lowest BCUT2D eigenvalue weighted by molar-refractivity contribution is -0.147. The Bertz CT molecular complexity index is 579. The van der Waals surface area contributed by atoms with Crippen LogP contribution in [0.25, 0.3) is 0 Å². The molecule has 19 heavy (non-hydrogen) atoms. The summed E-state index contributed by atoms with van der Waals surface area (Å²) >= 11 is 0. The third kappa shape index (κ3) is 2.11. The van der Waals surface area contributed by atoms with Gasteiger partial charge in [0.15, 0.2) is 5.82 Å². The minimum absolute atomic E-state index is 0.162. The van der Waals surface area contributed by atoms with Crippen molar-refractivity contribution in [2.24, 2.45) is 0 Å². The molecule has 3 heterocycles. The Morgan fingerprint density at radius 2 is 1.79 bits per heavy atom. The number of nitrogens with zero attached hydrogens (tertiary/aromatic N) is 6. The van der Waals surface area contributed by atoms with Gasteiger partial charge in [0.2, 0.25) is 11.8 Å². The largest absolute Gasteiger partial charge is 0.451 e. The highest BCUT2D eigenvalue weighted by molar-refractivity contribution is 5.30. The highest BCUT2D eigenvalue weighted by atomic mass is 19.4. The fraction of sp³-hybridized carbons (Fsp3) is 0.400. The molecule has 0 N–H and O–H groups in total. The van der Waals surface area contributed by atoms with Crippen LogP contribution in [0.2, 0.25) is 0 Å². The number of anilines is 1. The summed E-state index contributed by atoms with van der Waals surface area (Å²) in [4.78, 5) is 9.90. The second-order valence-electron chi connectivity index (χ2n) is 4.06. The summed E-state index contributed by atoms with van der Waals surface area (Å²) in [5.41, 5.74) is 0. The monoisotopic (exact) mass is 270 g/mol. The van der Waals surface area contributed by atoms with Gasteiger partial charge in [-0.1, -0.05) is 0 Å². The van der Waals surface area contributed by atoms with Crippen LogP contribution in [-0.2, 0) is 19.3 Å². The summed E-state index contributed by atoms with van der Waals surface area (Å²) in [7, 11) is 0. The molecule has 0 bridgehead atoms. The van der Waals surface area contributed by atoms with E-state index in [1.165, 1.54) is 0 Å². The van der Waals surface area contributed by atoms with E-state index in [0.717, 1.165) is 4.57 Å². The quantitative estimate of drug-likeness (QED) is 0.776. The smallest absolute Gasteiger partial charge is 0.331 e. The second kappa shape index (κ2) is 4.18. The Morgan fingerprint density at radius 1 is 1.05 bits per heavy atom. The third-order valence-corrected chi connectivity index (χ3v) is 2.84. The lowest BCUT2D eigenvalue weighted by Gasteiger charge is -2.27. The number of aromatic nitrogens is 5. The van der Waals surface area contributed by atoms with E-state index < -0.39 is 12.0 Å². The van der Waals surface area contributed by atoms with Gasteiger partial charge >= 0.3 is 6.18 Å². The summed E-state index contributed by atoms with van der Waals surface area (Å²) in [5.74, 6) is -0.201. The van der Waals surface area contributed by atoms with Crippen LogP contribution in [0, 0.1) is 0 Å². The van der Waals surface area contributed by atoms with Gasteiger partial charge < -0.3 is 9.47 Å². The molecule has 6 nitrogen and oxygen atoms in total. The minimum atomic E-state index is -4.48. The van der Waals surface area contributed by atoms with Crippen molar-refractivity contribution in [3.63, 3.8) is 0 Å². The molecule has 2 aromatic rings. The van der Waals surface area contributed by atoms with Crippen LogP contribution in [0.15, 0.2) is 18.5 Å². The molecule has 0 saturated carbocycles. The van der Waals surface area contributed by atoms with Crippen LogP contribution in [0.3, 0.4) is 0 Å². The van der Waals surface area contributed by atoms with Gasteiger partial charge in [-0.2, -0.15) is 13.2 Å². The van der Waals surface area contributed by atoms with Crippen molar-refractivity contribution in [3.8, 4) is 0 Å². The summed E-state index contributed by atoms with van der Waals surface area (Å²) in [5, 5.41) is 6.81. The molecule has 0 radical (unpaired) electrons. The van der Waals surface area contributed by atoms with Gasteiger partial charge in [-0.15, -0.1) is 10.2 Å². The molecule has 9 heteroatoms. The Labute approximate surface area is 105 Å². The number of fused-ring (bicyclic) bond motifs is 1. The van der Waals surface area contributed by atoms with Gasteiger partial charge in [0.05, 0.1) is 6.54 Å². The van der Waals surface area contributed by atoms with E-state index in [0.29, 0.717) is 12.5 Å². The zero-order valence-corrected chi connectivity index (χ0v) is 9.67. The average Bonchev–Trinajstić information content (AvgIpc) is 2.82. The number of halogens is 3. The molecule has 0 fully saturated rings. The highest BCUT2D eigenvalue weighted by Gasteiger charge is 2.39. The van der Waals surface area contributed by atoms with Crippen LogP contribution in [-0.4, -0.2) is 31.3 Å². The molecule has 0 amide bonds. The van der Waals surface area contributed by atoms with Crippen molar-refractivity contribution in [2.75, 3.05) is 11.4 Å². The van der Waals surface area contributed by atoms with E-state index in [1.54, 1.807) is 23.4 Å². The van der Waals surface area contributed by atoms with Crippen molar-refractivity contribution < 1.29 is 13.2 Å². The normalized spacial score (nSPS) is 15.4. The molecule has 1 aliphatic heterocycles. The molecule has 3 rings (SSSR count). The maximum atomic E-state index is 12.7. The third-order valence-electron chi connectivity index (χ3n) is 2.84. The number of hydrogen-bond donors (Lipinski definition) is 0. The standard InChI is InChI=1S/C10H9F3N6/c11-10(12,13)8-17-16-7-6-18(4-5-19(7)8)9-14-2-1-3-15-9/h1-3H,4-6H2. The lowest BCUT2D eigenvalue weighted by Crippen LogP contribution is -2.36. The Balaban J connectivity index is 1.88. The molecule has 0 aliphatic carbocycles. The van der Waals surface area contributed by atoms with Crippen LogP contribution in [0.5, 0.6) is 0 Å². The van der Waals surface area contributed by atoms with Gasteiger partial charge in [0.25, 0.3) is 0 Å². The fourth-order valence-electron chi connectivity index (χ4n) is 1.99. The van der Waals surface area contributed by atoms with Crippen molar-refractivity contribution >= 4 is 5.95 Å². The minimum Gasteiger partial charge on any atom is -0.331 e. The Morgan fingerprint density at radius 3 is 2.47 bits per heavy atom. The molecule has 0 spiro atoms. The molecule has 0 saturated heterocycles. The fourth-order valence-corrected chi connectivity index (χ4v) is 1.99. The van der Waals surface area contributed by atoms with Crippen LogP contribution < -0.4 is 4.90 Å². The first-order chi connectivity index (χ1) is 9.05. The van der Waals surface area contributed by atoms with Crippen molar-refractivity contribution in [2.45, 2.75) is 19.3 Å². The van der Waals surface area contributed by atoms with E-state index in [1.807, 2.05) is 0 Å². The zero-order chi connectivity index (χ0) is 13.5. The van der Waals surface area contributed by atoms with Crippen molar-refractivity contribution in [1.29, 1.82) is 0 Å². The van der Waals surface area contributed by atoms with Crippen LogP contribution in [0.1, 0.15) is 11.6 Å². The molecule has 1 aliphatic rings. The van der Waals surface area contributed by atoms with E-state index in [-0.39, 0.29) is 18.9 Å². The van der Waals surface area contributed by atoms with Crippen molar-refractivity contribution in [3.05, 3.63) is 30.1 Å². The predicted octanol–water partition coefficient (Wildman–Crippen LogP) is 1.11. The SMILES string of the molecule is FC(F)(F)c1nnc2n1CCN(c1ncccn1)C2. The van der Waals surface area contributed by atoms with E-state index in [2.05, 4.69) is 20.2 Å². The lowest BCUT2D eigenvalue weighted by atomic mass is 10.3. The van der Waals surface area contributed by atoms with Crippen LogP contribution >= 0.6 is 0 Å². The van der Waals surface area contributed by atoms with Gasteiger partial charge in [0, 0.05) is 25.5 Å². The first-order valence-electron chi connectivity index (χ1n) is 5.57. The maximum Gasteiger partial charge on any atom is 0.451 e. The second-order valence-corrected chi connectivity index (χ2v) is 4.06. The Hall–Kier alpha value is -2.19. The van der Waals surface area contributed by atoms with Crippen molar-refractivity contribution in [1.82, 2.24) is 24.7 Å². The summed E-state index contributed by atoms with van der Waals surface area (Å²) in [6.07, 6.45) is -1.30. The summed E-state index contributed by atoms with van der Waals surface area (Å²) < 4.78 is 39.1. The van der Waals surface area contributed by atoms with Crippen LogP contribution in [0.4, 0.5) is 19.1 Å². The average molecular weight is 270 g/mol. The van der Waals surface area contributed by atoms with Gasteiger partial charge in [-0.3, -0.25) is 0 Å². The predicted molar refractivity (Wildman–Crippen MR) is 58.1 cm³/mol. The molecule has 0 atom stereocenters. The number of rotatable bonds is 1. The first-order valence-corrected chi connectivity index (χ1v) is 5.57. The van der Waals surface area contributed by atoms with E-state index in [4.69, 9.17) is 0 Å². The first kappa shape index (κ1) is 11.9. The van der Waals surface area contributed by atoms with E-state index >= 15 is 0 Å². The molecule has 2 aromatic heterocycles. The molecule has 100 valence electrons. The number of alkyl halides is 3. The maximum absolute atomic E-state index is 12.7. The van der Waals surface area contributed by atoms with Gasteiger partial charge in [-0.05, 0) is 6.07 Å².